The molecule has 3 rings (SSSR count). The van der Waals surface area contributed by atoms with Gasteiger partial charge < -0.3 is 46.2 Å². The zero-order chi connectivity index (χ0) is 21.9. The minimum Gasteiger partial charge on any atom is -0.479 e. The number of rotatable bonds is 5. The SMILES string of the molecule is Nc1ncnc2c1ncn2[C@@H]1O[C@H](CO)[C@@H](O)[C@H]1O.O=C(O)C(O)C(O)C(=O)O. The quantitative estimate of drug-likeness (QED) is 0.230. The molecule has 0 spiro atoms. The number of hydrogen-bond acceptors (Lipinski definition) is 12. The van der Waals surface area contributed by atoms with Crippen molar-refractivity contribution < 1.29 is 50.1 Å². The van der Waals surface area contributed by atoms with Crippen molar-refractivity contribution in [3.63, 3.8) is 0 Å². The van der Waals surface area contributed by atoms with Gasteiger partial charge in [-0.2, -0.15) is 0 Å². The Labute approximate surface area is 161 Å². The maximum atomic E-state index is 9.95. The number of aliphatic hydroxyl groups is 5. The van der Waals surface area contributed by atoms with E-state index in [1.807, 2.05) is 0 Å². The highest BCUT2D eigenvalue weighted by Gasteiger charge is 2.44. The van der Waals surface area contributed by atoms with Crippen LogP contribution >= 0.6 is 0 Å². The van der Waals surface area contributed by atoms with Gasteiger partial charge in [0.25, 0.3) is 0 Å². The van der Waals surface area contributed by atoms with Crippen molar-refractivity contribution in [2.75, 3.05) is 12.3 Å². The average molecular weight is 417 g/mol. The van der Waals surface area contributed by atoms with Crippen molar-refractivity contribution in [3.8, 4) is 0 Å². The first kappa shape index (κ1) is 22.3. The van der Waals surface area contributed by atoms with Crippen LogP contribution in [0, 0.1) is 0 Å². The number of fused-ring (bicyclic) bond motifs is 1. The van der Waals surface area contributed by atoms with Crippen molar-refractivity contribution in [3.05, 3.63) is 12.7 Å². The van der Waals surface area contributed by atoms with Crippen LogP contribution in [0.25, 0.3) is 11.2 Å². The number of anilines is 1. The van der Waals surface area contributed by atoms with Crippen molar-refractivity contribution in [1.29, 1.82) is 0 Å². The largest absolute Gasteiger partial charge is 0.479 e. The van der Waals surface area contributed by atoms with E-state index in [0.29, 0.717) is 11.2 Å². The summed E-state index contributed by atoms with van der Waals surface area (Å²) >= 11 is 0. The number of aliphatic carboxylic acids is 2. The first-order chi connectivity index (χ1) is 13.6. The van der Waals surface area contributed by atoms with Crippen LogP contribution in [-0.2, 0) is 14.3 Å². The van der Waals surface area contributed by atoms with Crippen molar-refractivity contribution in [1.82, 2.24) is 19.5 Å². The summed E-state index contributed by atoms with van der Waals surface area (Å²) in [6, 6.07) is 0. The minimum absolute atomic E-state index is 0.218. The first-order valence-electron chi connectivity index (χ1n) is 7.97. The Kier molecular flexibility index (Phi) is 6.96. The lowest BCUT2D eigenvalue weighted by Gasteiger charge is -2.16. The standard InChI is InChI=1S/C10H13N5O4.C4H6O6/c11-8-5-9(13-2-12-8)15(3-14-5)10-7(18)6(17)4(1-16)19-10;5-1(3(7)8)2(6)4(9)10/h2-4,6-7,10,16-18H,1H2,(H2,11,12,13);1-2,5-6H,(H,7,8)(H,9,10)/t4-,6-,7-,10-;/m1./s1. The molecule has 2 aromatic heterocycles. The third-order valence-corrected chi connectivity index (χ3v) is 3.98. The molecule has 0 amide bonds. The van der Waals surface area contributed by atoms with E-state index in [2.05, 4.69) is 15.0 Å². The number of carbonyl (C=O) groups is 2. The number of aliphatic hydroxyl groups excluding tert-OH is 5. The van der Waals surface area contributed by atoms with Gasteiger partial charge in [0.15, 0.2) is 29.9 Å². The number of carboxylic acids is 2. The Bertz CT molecular complexity index is 858. The molecule has 15 heteroatoms. The highest BCUT2D eigenvalue weighted by atomic mass is 16.6. The van der Waals surface area contributed by atoms with Crippen LogP contribution in [0.3, 0.4) is 0 Å². The predicted molar refractivity (Wildman–Crippen MR) is 90.0 cm³/mol. The number of carboxylic acid groups (broad SMARTS) is 2. The second kappa shape index (κ2) is 9.03. The molecule has 160 valence electrons. The van der Waals surface area contributed by atoms with E-state index in [9.17, 15) is 19.8 Å². The number of aromatic nitrogens is 4. The number of nitrogens with zero attached hydrogens (tertiary/aromatic N) is 4. The van der Waals surface area contributed by atoms with E-state index < -0.39 is 55.3 Å². The Morgan fingerprint density at radius 1 is 1.10 bits per heavy atom. The topological polar surface area (TPSA) is 255 Å². The molecule has 0 radical (unpaired) electrons. The van der Waals surface area contributed by atoms with E-state index in [-0.39, 0.29) is 5.82 Å². The van der Waals surface area contributed by atoms with Gasteiger partial charge in [-0.3, -0.25) is 4.57 Å². The second-order valence-corrected chi connectivity index (χ2v) is 5.88. The summed E-state index contributed by atoms with van der Waals surface area (Å²) in [5, 5.41) is 61.3. The lowest BCUT2D eigenvalue weighted by atomic mass is 10.1. The Hall–Kier alpha value is -2.95. The minimum atomic E-state index is -2.27. The lowest BCUT2D eigenvalue weighted by molar-refractivity contribution is -0.165. The maximum Gasteiger partial charge on any atom is 0.335 e. The summed E-state index contributed by atoms with van der Waals surface area (Å²) in [6.45, 7) is -0.390. The van der Waals surface area contributed by atoms with Gasteiger partial charge in [0.1, 0.15) is 30.2 Å². The van der Waals surface area contributed by atoms with Crippen LogP contribution in [0.1, 0.15) is 6.23 Å². The van der Waals surface area contributed by atoms with Crippen LogP contribution in [-0.4, -0.2) is 104 Å². The van der Waals surface area contributed by atoms with Gasteiger partial charge >= 0.3 is 11.9 Å². The fourth-order valence-electron chi connectivity index (χ4n) is 2.44. The number of hydrogen-bond donors (Lipinski definition) is 8. The van der Waals surface area contributed by atoms with E-state index >= 15 is 0 Å². The van der Waals surface area contributed by atoms with E-state index in [4.69, 9.17) is 36.0 Å². The van der Waals surface area contributed by atoms with Crippen LogP contribution in [0.15, 0.2) is 12.7 Å². The fraction of sp³-hybridized carbons (Fsp3) is 0.500. The zero-order valence-corrected chi connectivity index (χ0v) is 14.5. The first-order valence-corrected chi connectivity index (χ1v) is 7.97. The monoisotopic (exact) mass is 417 g/mol. The number of nitrogens with two attached hydrogens (primary N) is 1. The van der Waals surface area contributed by atoms with Gasteiger partial charge in [-0.05, 0) is 0 Å². The van der Waals surface area contributed by atoms with Gasteiger partial charge in [0, 0.05) is 0 Å². The molecule has 6 atom stereocenters. The summed E-state index contributed by atoms with van der Waals surface area (Å²) in [5.41, 5.74) is 6.44. The summed E-state index contributed by atoms with van der Waals surface area (Å²) in [7, 11) is 0. The molecule has 2 aromatic rings. The number of imidazole rings is 1. The molecule has 3 heterocycles. The Morgan fingerprint density at radius 3 is 2.17 bits per heavy atom. The Morgan fingerprint density at radius 2 is 1.69 bits per heavy atom. The molecule has 0 aromatic carbocycles. The van der Waals surface area contributed by atoms with Crippen LogP contribution in [0.4, 0.5) is 5.82 Å². The molecule has 0 saturated carbocycles. The normalized spacial score (nSPS) is 25.8. The molecule has 1 aliphatic heterocycles. The number of nitrogen functional groups attached to an aromatic ring is 1. The molecule has 9 N–H and O–H groups in total. The Balaban J connectivity index is 0.000000257. The molecule has 15 nitrogen and oxygen atoms in total. The highest BCUT2D eigenvalue weighted by molar-refractivity contribution is 5.83. The van der Waals surface area contributed by atoms with E-state index in [1.165, 1.54) is 17.2 Å². The van der Waals surface area contributed by atoms with Crippen LogP contribution in [0.2, 0.25) is 0 Å². The molecular formula is C14H19N5O10. The van der Waals surface area contributed by atoms with Gasteiger partial charge in [0.05, 0.1) is 12.9 Å². The molecule has 1 fully saturated rings. The van der Waals surface area contributed by atoms with Crippen molar-refractivity contribution in [2.45, 2.75) is 36.7 Å². The fourth-order valence-corrected chi connectivity index (χ4v) is 2.44. The summed E-state index contributed by atoms with van der Waals surface area (Å²) in [5.74, 6) is -3.32. The predicted octanol–water partition coefficient (Wildman–Crippen LogP) is -4.10. The van der Waals surface area contributed by atoms with E-state index in [0.717, 1.165) is 0 Å². The van der Waals surface area contributed by atoms with Gasteiger partial charge in [0.2, 0.25) is 0 Å². The van der Waals surface area contributed by atoms with Gasteiger partial charge in [-0.1, -0.05) is 0 Å². The molecule has 29 heavy (non-hydrogen) atoms. The zero-order valence-electron chi connectivity index (χ0n) is 14.5. The van der Waals surface area contributed by atoms with Crippen LogP contribution < -0.4 is 5.73 Å². The van der Waals surface area contributed by atoms with E-state index in [1.54, 1.807) is 0 Å². The summed E-state index contributed by atoms with van der Waals surface area (Å²) in [6.07, 6.45) is -5.96. The van der Waals surface area contributed by atoms with Gasteiger partial charge in [-0.15, -0.1) is 0 Å². The lowest BCUT2D eigenvalue weighted by Crippen LogP contribution is -2.39. The van der Waals surface area contributed by atoms with Crippen molar-refractivity contribution >= 4 is 28.9 Å². The summed E-state index contributed by atoms with van der Waals surface area (Å²) < 4.78 is 6.85. The van der Waals surface area contributed by atoms with Crippen molar-refractivity contribution in [2.24, 2.45) is 0 Å². The molecule has 1 aliphatic rings. The van der Waals surface area contributed by atoms with Gasteiger partial charge in [-0.25, -0.2) is 24.5 Å². The molecule has 0 aliphatic carbocycles. The third-order valence-electron chi connectivity index (χ3n) is 3.98. The smallest absolute Gasteiger partial charge is 0.335 e. The molecule has 2 unspecified atom stereocenters. The number of ether oxygens (including phenoxy) is 1. The molecule has 1 saturated heterocycles. The molecule has 0 bridgehead atoms. The van der Waals surface area contributed by atoms with Crippen LogP contribution in [0.5, 0.6) is 0 Å². The summed E-state index contributed by atoms with van der Waals surface area (Å²) in [4.78, 5) is 31.4. The maximum absolute atomic E-state index is 9.95. The average Bonchev–Trinajstić information content (AvgIpc) is 3.23. The highest BCUT2D eigenvalue weighted by Crippen LogP contribution is 2.31. The third kappa shape index (κ3) is 4.56. The second-order valence-electron chi connectivity index (χ2n) is 5.88. The molecular weight excluding hydrogens is 398 g/mol.